The van der Waals surface area contributed by atoms with Gasteiger partial charge in [0, 0.05) is 32.5 Å². The van der Waals surface area contributed by atoms with Crippen LogP contribution in [0.5, 0.6) is 0 Å². The van der Waals surface area contributed by atoms with Crippen molar-refractivity contribution in [3.63, 3.8) is 0 Å². The summed E-state index contributed by atoms with van der Waals surface area (Å²) in [5.74, 6) is 0.517. The lowest BCUT2D eigenvalue weighted by Gasteiger charge is -2.16. The van der Waals surface area contributed by atoms with Gasteiger partial charge >= 0.3 is 0 Å². The van der Waals surface area contributed by atoms with Crippen molar-refractivity contribution in [1.82, 2.24) is 14.9 Å². The highest BCUT2D eigenvalue weighted by Crippen LogP contribution is 2.06. The van der Waals surface area contributed by atoms with Crippen LogP contribution in [0.15, 0.2) is 42.7 Å². The van der Waals surface area contributed by atoms with Gasteiger partial charge in [0.05, 0.1) is 5.56 Å². The highest BCUT2D eigenvalue weighted by Gasteiger charge is 2.12. The van der Waals surface area contributed by atoms with Crippen LogP contribution < -0.4 is 5.32 Å². The molecule has 0 aliphatic rings. The van der Waals surface area contributed by atoms with Crippen molar-refractivity contribution in [2.75, 3.05) is 25.5 Å². The number of nitrogens with zero attached hydrogens (tertiary/aromatic N) is 3. The molecule has 122 valence electrons. The van der Waals surface area contributed by atoms with Crippen LogP contribution in [-0.2, 0) is 6.42 Å². The number of aromatic nitrogens is 2. The van der Waals surface area contributed by atoms with E-state index in [1.807, 2.05) is 25.2 Å². The topological polar surface area (TPSA) is 58.1 Å². The maximum absolute atomic E-state index is 12.2. The Kier molecular flexibility index (Phi) is 6.54. The fraction of sp³-hybridized carbons (Fsp3) is 0.389. The van der Waals surface area contributed by atoms with Gasteiger partial charge in [-0.25, -0.2) is 9.97 Å². The van der Waals surface area contributed by atoms with Crippen LogP contribution in [0.1, 0.15) is 35.7 Å². The molecule has 2 aromatic rings. The maximum Gasteiger partial charge on any atom is 0.256 e. The van der Waals surface area contributed by atoms with Crippen molar-refractivity contribution in [3.8, 4) is 0 Å². The fourth-order valence-corrected chi connectivity index (χ4v) is 2.21. The van der Waals surface area contributed by atoms with Crippen LogP contribution in [-0.4, -0.2) is 40.9 Å². The standard InChI is InChI=1S/C18H24N4O/c1-3-4-12-22(2)17(23)16-13-20-18(21-14-16)19-11-10-15-8-6-5-7-9-15/h5-9,13-14H,3-4,10-12H2,1-2H3,(H,19,20,21). The van der Waals surface area contributed by atoms with Crippen molar-refractivity contribution < 1.29 is 4.79 Å². The van der Waals surface area contributed by atoms with Crippen LogP contribution in [0, 0.1) is 0 Å². The lowest BCUT2D eigenvalue weighted by atomic mass is 10.1. The number of nitrogens with one attached hydrogen (secondary N) is 1. The normalized spacial score (nSPS) is 10.3. The average Bonchev–Trinajstić information content (AvgIpc) is 2.60. The van der Waals surface area contributed by atoms with Gasteiger partial charge in [-0.05, 0) is 18.4 Å². The fourth-order valence-electron chi connectivity index (χ4n) is 2.21. The van der Waals surface area contributed by atoms with E-state index in [-0.39, 0.29) is 5.91 Å². The molecule has 1 N–H and O–H groups in total. The van der Waals surface area contributed by atoms with E-state index >= 15 is 0 Å². The maximum atomic E-state index is 12.2. The largest absolute Gasteiger partial charge is 0.354 e. The Bertz CT molecular complexity index is 598. The van der Waals surface area contributed by atoms with E-state index < -0.39 is 0 Å². The molecule has 1 heterocycles. The van der Waals surface area contributed by atoms with E-state index in [1.54, 1.807) is 17.3 Å². The molecule has 0 spiro atoms. The highest BCUT2D eigenvalue weighted by molar-refractivity contribution is 5.93. The van der Waals surface area contributed by atoms with Gasteiger partial charge in [-0.1, -0.05) is 43.7 Å². The number of benzene rings is 1. The Morgan fingerprint density at radius 1 is 1.17 bits per heavy atom. The number of hydrogen-bond acceptors (Lipinski definition) is 4. The van der Waals surface area contributed by atoms with E-state index in [2.05, 4.69) is 34.3 Å². The molecule has 0 saturated heterocycles. The van der Waals surface area contributed by atoms with Crippen LogP contribution >= 0.6 is 0 Å². The third-order valence-corrected chi connectivity index (χ3v) is 3.63. The summed E-state index contributed by atoms with van der Waals surface area (Å²) in [4.78, 5) is 22.3. The summed E-state index contributed by atoms with van der Waals surface area (Å²) in [6, 6.07) is 10.3. The Hall–Kier alpha value is -2.43. The molecule has 2 rings (SSSR count). The summed E-state index contributed by atoms with van der Waals surface area (Å²) < 4.78 is 0. The first kappa shape index (κ1) is 16.9. The van der Waals surface area contributed by atoms with E-state index in [1.165, 1.54) is 5.56 Å². The van der Waals surface area contributed by atoms with E-state index in [0.29, 0.717) is 11.5 Å². The monoisotopic (exact) mass is 312 g/mol. The molecule has 0 radical (unpaired) electrons. The van der Waals surface area contributed by atoms with Crippen LogP contribution in [0.2, 0.25) is 0 Å². The number of carbonyl (C=O) groups excluding carboxylic acids is 1. The van der Waals surface area contributed by atoms with Crippen LogP contribution in [0.3, 0.4) is 0 Å². The predicted molar refractivity (Wildman–Crippen MR) is 92.5 cm³/mol. The first-order chi connectivity index (χ1) is 11.2. The molecule has 0 unspecified atom stereocenters. The van der Waals surface area contributed by atoms with Gasteiger partial charge in [0.15, 0.2) is 0 Å². The molecule has 0 bridgehead atoms. The first-order valence-electron chi connectivity index (χ1n) is 8.06. The number of hydrogen-bond donors (Lipinski definition) is 1. The van der Waals surface area contributed by atoms with Gasteiger partial charge < -0.3 is 10.2 Å². The summed E-state index contributed by atoms with van der Waals surface area (Å²) in [6.45, 7) is 3.62. The average molecular weight is 312 g/mol. The second-order valence-electron chi connectivity index (χ2n) is 5.54. The molecule has 0 aliphatic carbocycles. The summed E-state index contributed by atoms with van der Waals surface area (Å²) in [6.07, 6.45) is 6.15. The molecule has 0 aliphatic heterocycles. The summed E-state index contributed by atoms with van der Waals surface area (Å²) in [5.41, 5.74) is 1.79. The molecule has 1 aromatic heterocycles. The molecular weight excluding hydrogens is 288 g/mol. The minimum absolute atomic E-state index is 0.0331. The highest BCUT2D eigenvalue weighted by atomic mass is 16.2. The molecule has 5 nitrogen and oxygen atoms in total. The van der Waals surface area contributed by atoms with Crippen molar-refractivity contribution in [3.05, 3.63) is 53.9 Å². The van der Waals surface area contributed by atoms with Crippen LogP contribution in [0.25, 0.3) is 0 Å². The van der Waals surface area contributed by atoms with Crippen molar-refractivity contribution >= 4 is 11.9 Å². The molecule has 1 aromatic carbocycles. The zero-order chi connectivity index (χ0) is 16.5. The third kappa shape index (κ3) is 5.36. The van der Waals surface area contributed by atoms with Gasteiger partial charge in [-0.15, -0.1) is 0 Å². The first-order valence-corrected chi connectivity index (χ1v) is 8.06. The zero-order valence-corrected chi connectivity index (χ0v) is 13.8. The Balaban J connectivity index is 1.83. The smallest absolute Gasteiger partial charge is 0.256 e. The Morgan fingerprint density at radius 3 is 2.52 bits per heavy atom. The third-order valence-electron chi connectivity index (χ3n) is 3.63. The van der Waals surface area contributed by atoms with E-state index in [4.69, 9.17) is 0 Å². The minimum atomic E-state index is -0.0331. The number of rotatable bonds is 8. The lowest BCUT2D eigenvalue weighted by molar-refractivity contribution is 0.0792. The quantitative estimate of drug-likeness (QED) is 0.814. The second-order valence-corrected chi connectivity index (χ2v) is 5.54. The van der Waals surface area contributed by atoms with Crippen molar-refractivity contribution in [1.29, 1.82) is 0 Å². The Labute approximate surface area is 137 Å². The van der Waals surface area contributed by atoms with Crippen LogP contribution in [0.4, 0.5) is 5.95 Å². The minimum Gasteiger partial charge on any atom is -0.354 e. The second kappa shape index (κ2) is 8.88. The number of carbonyl (C=O) groups is 1. The summed E-state index contributed by atoms with van der Waals surface area (Å²) in [5, 5.41) is 3.18. The van der Waals surface area contributed by atoms with Crippen molar-refractivity contribution in [2.24, 2.45) is 0 Å². The molecular formula is C18H24N4O. The SMILES string of the molecule is CCCCN(C)C(=O)c1cnc(NCCc2ccccc2)nc1. The van der Waals surface area contributed by atoms with Gasteiger partial charge in [0.25, 0.3) is 5.91 Å². The van der Waals surface area contributed by atoms with Gasteiger partial charge in [-0.2, -0.15) is 0 Å². The number of anilines is 1. The molecule has 0 saturated carbocycles. The van der Waals surface area contributed by atoms with Gasteiger partial charge in [0.1, 0.15) is 0 Å². The molecule has 0 atom stereocenters. The lowest BCUT2D eigenvalue weighted by Crippen LogP contribution is -2.28. The van der Waals surface area contributed by atoms with E-state index in [9.17, 15) is 4.79 Å². The zero-order valence-electron chi connectivity index (χ0n) is 13.8. The molecule has 23 heavy (non-hydrogen) atoms. The molecule has 0 fully saturated rings. The molecule has 1 amide bonds. The molecule has 5 heteroatoms. The number of unbranched alkanes of at least 4 members (excludes halogenated alkanes) is 1. The predicted octanol–water partition coefficient (Wildman–Crippen LogP) is 3.00. The summed E-state index contributed by atoms with van der Waals surface area (Å²) in [7, 11) is 1.81. The van der Waals surface area contributed by atoms with Gasteiger partial charge in [0.2, 0.25) is 5.95 Å². The number of amides is 1. The summed E-state index contributed by atoms with van der Waals surface area (Å²) >= 11 is 0. The Morgan fingerprint density at radius 2 is 1.87 bits per heavy atom. The van der Waals surface area contributed by atoms with E-state index in [0.717, 1.165) is 32.4 Å². The van der Waals surface area contributed by atoms with Crippen molar-refractivity contribution in [2.45, 2.75) is 26.2 Å². The van der Waals surface area contributed by atoms with Gasteiger partial charge in [-0.3, -0.25) is 4.79 Å².